The summed E-state index contributed by atoms with van der Waals surface area (Å²) in [4.78, 5) is 49.4. The third-order valence-electron chi connectivity index (χ3n) is 9.65. The molecule has 1 heterocycles. The van der Waals surface area contributed by atoms with E-state index in [9.17, 15) is 32.3 Å². The molecule has 3 aliphatic rings. The van der Waals surface area contributed by atoms with Crippen LogP contribution in [0.4, 0.5) is 13.2 Å². The number of hydrogen-bond acceptors (Lipinski definition) is 8. The maximum absolute atomic E-state index is 13.0. The molecule has 6 atom stereocenters. The summed E-state index contributed by atoms with van der Waals surface area (Å²) >= 11 is 0. The fourth-order valence-electron chi connectivity index (χ4n) is 7.44. The standard InChI is InChI=1S/C32H39F3N2O7/c1-18-6-11-26-30(4,14-12-27(44-20(3)39)31(26,5)17-43-19(2)38)24(18)16-25(23-13-15-42-29(23)41)36-37-28(40)21-7-9-22(10-8-21)32(33,34)35/h7-10,13,24-27,36H,1,6,11-12,14-17H2,2-5H3,(H,37,40)/t24-,25+,26+,27-,30+,31+/m1/s1. The minimum absolute atomic E-state index is 0.00589. The highest BCUT2D eigenvalue weighted by Gasteiger charge is 2.60. The maximum Gasteiger partial charge on any atom is 0.416 e. The fourth-order valence-corrected chi connectivity index (χ4v) is 7.44. The van der Waals surface area contributed by atoms with Crippen molar-refractivity contribution in [2.45, 2.75) is 78.1 Å². The summed E-state index contributed by atoms with van der Waals surface area (Å²) in [7, 11) is 0. The lowest BCUT2D eigenvalue weighted by Gasteiger charge is -2.60. The van der Waals surface area contributed by atoms with Crippen molar-refractivity contribution in [2.75, 3.05) is 13.2 Å². The number of fused-ring (bicyclic) bond motifs is 1. The van der Waals surface area contributed by atoms with Gasteiger partial charge in [0.1, 0.15) is 19.3 Å². The van der Waals surface area contributed by atoms with Gasteiger partial charge in [0.15, 0.2) is 0 Å². The van der Waals surface area contributed by atoms with Gasteiger partial charge >= 0.3 is 24.1 Å². The molecule has 1 amide bonds. The molecule has 0 saturated heterocycles. The van der Waals surface area contributed by atoms with Crippen LogP contribution in [-0.2, 0) is 34.8 Å². The smallest absolute Gasteiger partial charge is 0.416 e. The van der Waals surface area contributed by atoms with Crippen LogP contribution in [-0.4, -0.2) is 49.2 Å². The Hall–Kier alpha value is -3.67. The number of halogens is 3. The van der Waals surface area contributed by atoms with Crippen LogP contribution in [0.15, 0.2) is 48.1 Å². The first-order valence-electron chi connectivity index (χ1n) is 14.6. The molecule has 0 bridgehead atoms. The Labute approximate surface area is 254 Å². The number of nitrogens with one attached hydrogen (secondary N) is 2. The Kier molecular flexibility index (Phi) is 9.63. The summed E-state index contributed by atoms with van der Waals surface area (Å²) < 4.78 is 55.4. The van der Waals surface area contributed by atoms with Crippen LogP contribution in [0.2, 0.25) is 0 Å². The average Bonchev–Trinajstić information content (AvgIpc) is 3.37. The van der Waals surface area contributed by atoms with Crippen LogP contribution in [0, 0.1) is 22.7 Å². The van der Waals surface area contributed by atoms with Crippen LogP contribution < -0.4 is 10.9 Å². The number of carbonyl (C=O) groups excluding carboxylic acids is 4. The molecule has 0 radical (unpaired) electrons. The number of hydrogen-bond donors (Lipinski definition) is 2. The van der Waals surface area contributed by atoms with Crippen molar-refractivity contribution in [3.63, 3.8) is 0 Å². The first kappa shape index (κ1) is 33.2. The van der Waals surface area contributed by atoms with Gasteiger partial charge in [-0.2, -0.15) is 13.2 Å². The van der Waals surface area contributed by atoms with Crippen molar-refractivity contribution in [3.05, 3.63) is 59.2 Å². The van der Waals surface area contributed by atoms with Gasteiger partial charge in [-0.25, -0.2) is 10.2 Å². The third kappa shape index (κ3) is 6.85. The minimum Gasteiger partial charge on any atom is -0.465 e. The number of amides is 1. The Morgan fingerprint density at radius 2 is 1.80 bits per heavy atom. The van der Waals surface area contributed by atoms with E-state index >= 15 is 0 Å². The molecular weight excluding hydrogens is 581 g/mol. The highest BCUT2D eigenvalue weighted by Crippen LogP contribution is 2.62. The second-order valence-corrected chi connectivity index (χ2v) is 12.5. The van der Waals surface area contributed by atoms with Gasteiger partial charge in [-0.05, 0) is 79.7 Å². The number of benzene rings is 1. The molecule has 9 nitrogen and oxygen atoms in total. The van der Waals surface area contributed by atoms with Gasteiger partial charge in [0, 0.05) is 24.8 Å². The van der Waals surface area contributed by atoms with Gasteiger partial charge in [0.05, 0.1) is 17.2 Å². The summed E-state index contributed by atoms with van der Waals surface area (Å²) in [6.07, 6.45) is -0.426. The zero-order chi connectivity index (χ0) is 32.4. The third-order valence-corrected chi connectivity index (χ3v) is 9.65. The van der Waals surface area contributed by atoms with Gasteiger partial charge in [-0.1, -0.05) is 26.0 Å². The summed E-state index contributed by atoms with van der Waals surface area (Å²) in [6, 6.07) is 3.12. The highest BCUT2D eigenvalue weighted by atomic mass is 19.4. The normalized spacial score (nSPS) is 29.2. The molecule has 0 unspecified atom stereocenters. The molecule has 0 spiro atoms. The van der Waals surface area contributed by atoms with E-state index in [1.54, 1.807) is 6.08 Å². The SMILES string of the molecule is C=C1CC[C@@H]2[C@](C)(COC(C)=O)[C@H](OC(C)=O)CC[C@@]2(C)[C@@H]1C[C@H](NNC(=O)c1ccc(C(F)(F)F)cc1)C1=CCOC1=O. The van der Waals surface area contributed by atoms with E-state index in [4.69, 9.17) is 14.2 Å². The average molecular weight is 621 g/mol. The Morgan fingerprint density at radius 1 is 1.11 bits per heavy atom. The quantitative estimate of drug-likeness (QED) is 0.170. The summed E-state index contributed by atoms with van der Waals surface area (Å²) in [5.74, 6) is -2.26. The van der Waals surface area contributed by atoms with Crippen molar-refractivity contribution >= 4 is 23.8 Å². The first-order valence-corrected chi connectivity index (χ1v) is 14.6. The molecule has 12 heteroatoms. The molecule has 240 valence electrons. The van der Waals surface area contributed by atoms with E-state index in [1.165, 1.54) is 13.8 Å². The number of cyclic esters (lactones) is 1. The maximum atomic E-state index is 13.0. The van der Waals surface area contributed by atoms with E-state index < -0.39 is 58.5 Å². The zero-order valence-corrected chi connectivity index (χ0v) is 25.3. The second-order valence-electron chi connectivity index (χ2n) is 12.5. The molecule has 1 aromatic carbocycles. The van der Waals surface area contributed by atoms with Gasteiger partial charge in [0.2, 0.25) is 0 Å². The van der Waals surface area contributed by atoms with Crippen LogP contribution >= 0.6 is 0 Å². The van der Waals surface area contributed by atoms with Gasteiger partial charge in [-0.15, -0.1) is 0 Å². The summed E-state index contributed by atoms with van der Waals surface area (Å²) in [6.45, 7) is 11.3. The van der Waals surface area contributed by atoms with Gasteiger partial charge in [0.25, 0.3) is 5.91 Å². The molecule has 0 aromatic heterocycles. The topological polar surface area (TPSA) is 120 Å². The molecule has 2 saturated carbocycles. The van der Waals surface area contributed by atoms with Crippen molar-refractivity contribution in [2.24, 2.45) is 22.7 Å². The largest absolute Gasteiger partial charge is 0.465 e. The lowest BCUT2D eigenvalue weighted by atomic mass is 9.46. The summed E-state index contributed by atoms with van der Waals surface area (Å²) in [5.41, 5.74) is 4.84. The molecule has 44 heavy (non-hydrogen) atoms. The Bertz CT molecular complexity index is 1340. The minimum atomic E-state index is -4.53. The lowest BCUT2D eigenvalue weighted by molar-refractivity contribution is -0.192. The molecular formula is C32H39F3N2O7. The molecule has 2 aliphatic carbocycles. The highest BCUT2D eigenvalue weighted by molar-refractivity contribution is 5.94. The van der Waals surface area contributed by atoms with E-state index in [2.05, 4.69) is 24.4 Å². The second kappa shape index (κ2) is 12.7. The van der Waals surface area contributed by atoms with Crippen molar-refractivity contribution in [1.82, 2.24) is 10.9 Å². The monoisotopic (exact) mass is 620 g/mol. The predicted octanol–water partition coefficient (Wildman–Crippen LogP) is 5.07. The van der Waals surface area contributed by atoms with Crippen molar-refractivity contribution < 1.29 is 46.6 Å². The van der Waals surface area contributed by atoms with Gasteiger partial charge < -0.3 is 14.2 Å². The van der Waals surface area contributed by atoms with Crippen LogP contribution in [0.3, 0.4) is 0 Å². The van der Waals surface area contributed by atoms with Crippen LogP contribution in [0.1, 0.15) is 75.7 Å². The van der Waals surface area contributed by atoms with Gasteiger partial charge in [-0.3, -0.25) is 19.8 Å². The molecule has 1 aromatic rings. The molecule has 2 N–H and O–H groups in total. The first-order chi connectivity index (χ1) is 20.6. The number of hydrazine groups is 1. The van der Waals surface area contributed by atoms with E-state index in [0.717, 1.165) is 36.3 Å². The van der Waals surface area contributed by atoms with Crippen LogP contribution in [0.25, 0.3) is 0 Å². The predicted molar refractivity (Wildman–Crippen MR) is 152 cm³/mol. The van der Waals surface area contributed by atoms with E-state index in [1.807, 2.05) is 6.92 Å². The molecule has 2 fully saturated rings. The Balaban J connectivity index is 1.59. The van der Waals surface area contributed by atoms with E-state index in [0.29, 0.717) is 31.3 Å². The van der Waals surface area contributed by atoms with Crippen molar-refractivity contribution in [1.29, 1.82) is 0 Å². The van der Waals surface area contributed by atoms with Crippen molar-refractivity contribution in [3.8, 4) is 0 Å². The fraction of sp³-hybridized carbons (Fsp3) is 0.562. The Morgan fingerprint density at radius 3 is 2.36 bits per heavy atom. The number of esters is 3. The van der Waals surface area contributed by atoms with E-state index in [-0.39, 0.29) is 30.6 Å². The number of rotatable bonds is 9. The zero-order valence-electron chi connectivity index (χ0n) is 25.3. The number of alkyl halides is 3. The lowest BCUT2D eigenvalue weighted by Crippen LogP contribution is -2.59. The molecule has 1 aliphatic heterocycles. The number of ether oxygens (including phenoxy) is 3. The number of allylic oxidation sites excluding steroid dienone is 1. The number of carbonyl (C=O) groups is 4. The summed E-state index contributed by atoms with van der Waals surface area (Å²) in [5, 5.41) is 0. The molecule has 4 rings (SSSR count). The van der Waals surface area contributed by atoms with Crippen LogP contribution in [0.5, 0.6) is 0 Å².